The summed E-state index contributed by atoms with van der Waals surface area (Å²) in [7, 11) is -3.30. The lowest BCUT2D eigenvalue weighted by Crippen LogP contribution is -2.36. The van der Waals surface area contributed by atoms with Crippen molar-refractivity contribution in [3.63, 3.8) is 0 Å². The van der Waals surface area contributed by atoms with Gasteiger partial charge in [-0.25, -0.2) is 13.1 Å². The van der Waals surface area contributed by atoms with Gasteiger partial charge in [-0.15, -0.1) is 0 Å². The lowest BCUT2D eigenvalue weighted by Gasteiger charge is -2.28. The van der Waals surface area contributed by atoms with Gasteiger partial charge >= 0.3 is 0 Å². The first kappa shape index (κ1) is 19.9. The van der Waals surface area contributed by atoms with Gasteiger partial charge in [0.1, 0.15) is 0 Å². The maximum absolute atomic E-state index is 12.3. The minimum atomic E-state index is -3.30. The molecule has 0 spiro atoms. The van der Waals surface area contributed by atoms with E-state index in [9.17, 15) is 8.42 Å². The molecule has 1 N–H and O–H groups in total. The molecule has 6 heteroatoms. The largest absolute Gasteiger partial charge is 0.378 e. The zero-order valence-corrected chi connectivity index (χ0v) is 16.7. The van der Waals surface area contributed by atoms with E-state index in [4.69, 9.17) is 4.74 Å². The Morgan fingerprint density at radius 2 is 1.74 bits per heavy atom. The minimum Gasteiger partial charge on any atom is -0.378 e. The van der Waals surface area contributed by atoms with Crippen molar-refractivity contribution in [2.45, 2.75) is 25.5 Å². The summed E-state index contributed by atoms with van der Waals surface area (Å²) in [6, 6.07) is 16.1. The molecule has 1 aliphatic rings. The van der Waals surface area contributed by atoms with E-state index in [2.05, 4.69) is 33.9 Å². The van der Waals surface area contributed by atoms with Gasteiger partial charge in [-0.1, -0.05) is 36.4 Å². The lowest BCUT2D eigenvalue weighted by molar-refractivity contribution is 0.122. The summed E-state index contributed by atoms with van der Waals surface area (Å²) < 4.78 is 32.6. The minimum absolute atomic E-state index is 0.0356. The lowest BCUT2D eigenvalue weighted by atomic mass is 10.1. The van der Waals surface area contributed by atoms with Crippen LogP contribution in [0, 0.1) is 6.92 Å². The molecule has 0 radical (unpaired) electrons. The molecule has 0 atom stereocenters. The van der Waals surface area contributed by atoms with Crippen LogP contribution in [0.4, 0.5) is 5.69 Å². The molecule has 2 aromatic rings. The van der Waals surface area contributed by atoms with Crippen molar-refractivity contribution in [2.75, 3.05) is 37.7 Å². The molecule has 3 rings (SSSR count). The zero-order valence-electron chi connectivity index (χ0n) is 15.9. The van der Waals surface area contributed by atoms with E-state index in [1.54, 1.807) is 0 Å². The first-order chi connectivity index (χ1) is 13.0. The predicted molar refractivity (Wildman–Crippen MR) is 110 cm³/mol. The van der Waals surface area contributed by atoms with Crippen LogP contribution in [-0.2, 0) is 26.9 Å². The molecular formula is C21H28N2O3S. The molecule has 0 aromatic heterocycles. The fraction of sp³-hybridized carbons (Fsp3) is 0.429. The number of anilines is 1. The smallest absolute Gasteiger partial charge is 0.215 e. The molecule has 1 aliphatic heterocycles. The number of morpholine rings is 1. The quantitative estimate of drug-likeness (QED) is 0.707. The normalized spacial score (nSPS) is 15.1. The van der Waals surface area contributed by atoms with Gasteiger partial charge in [0.15, 0.2) is 0 Å². The highest BCUT2D eigenvalue weighted by molar-refractivity contribution is 7.88. The van der Waals surface area contributed by atoms with Crippen molar-refractivity contribution >= 4 is 15.7 Å². The van der Waals surface area contributed by atoms with Gasteiger partial charge in [0, 0.05) is 25.3 Å². The Labute approximate surface area is 162 Å². The number of nitrogens with zero attached hydrogens (tertiary/aromatic N) is 1. The van der Waals surface area contributed by atoms with Crippen molar-refractivity contribution in [1.29, 1.82) is 0 Å². The van der Waals surface area contributed by atoms with Crippen molar-refractivity contribution in [3.05, 3.63) is 65.2 Å². The fourth-order valence-electron chi connectivity index (χ4n) is 3.24. The highest BCUT2D eigenvalue weighted by atomic mass is 32.2. The number of nitrogens with one attached hydrogen (secondary N) is 1. The van der Waals surface area contributed by atoms with Crippen LogP contribution in [0.1, 0.15) is 23.1 Å². The van der Waals surface area contributed by atoms with E-state index in [-0.39, 0.29) is 5.75 Å². The third-order valence-corrected chi connectivity index (χ3v) is 6.22. The van der Waals surface area contributed by atoms with E-state index < -0.39 is 10.0 Å². The molecule has 0 bridgehead atoms. The van der Waals surface area contributed by atoms with E-state index >= 15 is 0 Å². The van der Waals surface area contributed by atoms with Gasteiger partial charge in [0.25, 0.3) is 0 Å². The SMILES string of the molecule is Cc1ccccc1CS(=O)(=O)NCCCc1ccc(N2CCOCC2)cc1. The molecule has 1 fully saturated rings. The first-order valence-corrected chi connectivity index (χ1v) is 11.1. The maximum Gasteiger partial charge on any atom is 0.215 e. The molecule has 1 heterocycles. The van der Waals surface area contributed by atoms with E-state index in [0.29, 0.717) is 6.54 Å². The highest BCUT2D eigenvalue weighted by Crippen LogP contribution is 2.17. The van der Waals surface area contributed by atoms with Gasteiger partial charge in [0.2, 0.25) is 10.0 Å². The van der Waals surface area contributed by atoms with Gasteiger partial charge in [-0.2, -0.15) is 0 Å². The molecule has 1 saturated heterocycles. The third kappa shape index (κ3) is 6.06. The van der Waals surface area contributed by atoms with Crippen molar-refractivity contribution < 1.29 is 13.2 Å². The average molecular weight is 389 g/mol. The molecule has 5 nitrogen and oxygen atoms in total. The van der Waals surface area contributed by atoms with Crippen LogP contribution in [-0.4, -0.2) is 41.3 Å². The Kier molecular flexibility index (Phi) is 6.88. The third-order valence-electron chi connectivity index (χ3n) is 4.88. The summed E-state index contributed by atoms with van der Waals surface area (Å²) in [5.41, 5.74) is 4.30. The molecule has 0 unspecified atom stereocenters. The van der Waals surface area contributed by atoms with Gasteiger partial charge in [0.05, 0.1) is 19.0 Å². The maximum atomic E-state index is 12.3. The number of ether oxygens (including phenoxy) is 1. The Hall–Kier alpha value is -1.89. The van der Waals surface area contributed by atoms with E-state index in [1.807, 2.05) is 31.2 Å². The number of rotatable bonds is 8. The van der Waals surface area contributed by atoms with Crippen LogP contribution < -0.4 is 9.62 Å². The number of benzene rings is 2. The van der Waals surface area contributed by atoms with Crippen molar-refractivity contribution in [2.24, 2.45) is 0 Å². The Morgan fingerprint density at radius 1 is 1.04 bits per heavy atom. The summed E-state index contributed by atoms with van der Waals surface area (Å²) in [5, 5.41) is 0. The van der Waals surface area contributed by atoms with E-state index in [0.717, 1.165) is 50.3 Å². The van der Waals surface area contributed by atoms with Crippen LogP contribution in [0.25, 0.3) is 0 Å². The van der Waals surface area contributed by atoms with Crippen LogP contribution in [0.15, 0.2) is 48.5 Å². The Balaban J connectivity index is 1.43. The summed E-state index contributed by atoms with van der Waals surface area (Å²) in [6.45, 7) is 5.82. The summed E-state index contributed by atoms with van der Waals surface area (Å²) in [6.07, 6.45) is 1.64. The molecule has 27 heavy (non-hydrogen) atoms. The number of aryl methyl sites for hydroxylation is 2. The topological polar surface area (TPSA) is 58.6 Å². The van der Waals surface area contributed by atoms with Gasteiger partial charge in [-0.05, 0) is 48.6 Å². The van der Waals surface area contributed by atoms with Crippen molar-refractivity contribution in [1.82, 2.24) is 4.72 Å². The van der Waals surface area contributed by atoms with Gasteiger partial charge in [-0.3, -0.25) is 0 Å². The zero-order chi connectivity index (χ0) is 19.1. The molecule has 146 valence electrons. The summed E-state index contributed by atoms with van der Waals surface area (Å²) in [5.74, 6) is 0.0356. The second-order valence-corrected chi connectivity index (χ2v) is 8.76. The number of sulfonamides is 1. The molecule has 0 amide bonds. The monoisotopic (exact) mass is 388 g/mol. The molecular weight excluding hydrogens is 360 g/mol. The Morgan fingerprint density at radius 3 is 2.44 bits per heavy atom. The Bertz CT molecular complexity index is 829. The van der Waals surface area contributed by atoms with Crippen LogP contribution in [0.5, 0.6) is 0 Å². The van der Waals surface area contributed by atoms with E-state index in [1.165, 1.54) is 11.3 Å². The second kappa shape index (κ2) is 9.35. The van der Waals surface area contributed by atoms with Crippen molar-refractivity contribution in [3.8, 4) is 0 Å². The second-order valence-electron chi connectivity index (χ2n) is 6.95. The molecule has 2 aromatic carbocycles. The summed E-state index contributed by atoms with van der Waals surface area (Å²) in [4.78, 5) is 2.33. The molecule has 0 saturated carbocycles. The summed E-state index contributed by atoms with van der Waals surface area (Å²) >= 11 is 0. The molecule has 0 aliphatic carbocycles. The average Bonchev–Trinajstić information content (AvgIpc) is 2.68. The van der Waals surface area contributed by atoms with Gasteiger partial charge < -0.3 is 9.64 Å². The number of hydrogen-bond donors (Lipinski definition) is 1. The highest BCUT2D eigenvalue weighted by Gasteiger charge is 2.13. The van der Waals surface area contributed by atoms with Crippen LogP contribution in [0.2, 0.25) is 0 Å². The van der Waals surface area contributed by atoms with Crippen LogP contribution >= 0.6 is 0 Å². The number of hydrogen-bond acceptors (Lipinski definition) is 4. The fourth-order valence-corrected chi connectivity index (χ4v) is 4.53. The first-order valence-electron chi connectivity index (χ1n) is 9.47. The standard InChI is InChI=1S/C21H28N2O3S/c1-18-5-2-3-7-20(18)17-27(24,25)22-12-4-6-19-8-10-21(11-9-19)23-13-15-26-16-14-23/h2-3,5,7-11,22H,4,6,12-17H2,1H3. The van der Waals surface area contributed by atoms with Crippen LogP contribution in [0.3, 0.4) is 0 Å². The predicted octanol–water partition coefficient (Wildman–Crippen LogP) is 2.88.